The molecule has 0 aliphatic heterocycles. The van der Waals surface area contributed by atoms with Crippen molar-refractivity contribution in [3.63, 3.8) is 0 Å². The van der Waals surface area contributed by atoms with E-state index in [1.54, 1.807) is 23.5 Å². The van der Waals surface area contributed by atoms with Gasteiger partial charge < -0.3 is 0 Å². The van der Waals surface area contributed by atoms with Crippen LogP contribution in [0.2, 0.25) is 0 Å². The monoisotopic (exact) mass is 362 g/mol. The van der Waals surface area contributed by atoms with Gasteiger partial charge in [0.2, 0.25) is 5.91 Å². The number of rotatable bonds is 5. The second-order valence-corrected chi connectivity index (χ2v) is 8.76. The summed E-state index contributed by atoms with van der Waals surface area (Å²) >= 11 is 3.10. The predicted octanol–water partition coefficient (Wildman–Crippen LogP) is 4.19. The zero-order valence-electron chi connectivity index (χ0n) is 14.4. The topological polar surface area (TPSA) is 59.1 Å². The van der Waals surface area contributed by atoms with E-state index in [-0.39, 0.29) is 23.7 Å². The fourth-order valence-electron chi connectivity index (χ4n) is 2.01. The summed E-state index contributed by atoms with van der Waals surface area (Å²) < 4.78 is 0.949. The quantitative estimate of drug-likeness (QED) is 0.810. The van der Waals surface area contributed by atoms with Gasteiger partial charge in [-0.2, -0.15) is 0 Å². The van der Waals surface area contributed by atoms with Gasteiger partial charge in [0.25, 0.3) is 5.91 Å². The Morgan fingerprint density at radius 3 is 2.42 bits per heavy atom. The Kier molecular flexibility index (Phi) is 6.18. The van der Waals surface area contributed by atoms with Crippen LogP contribution in [0.25, 0.3) is 0 Å². The van der Waals surface area contributed by atoms with E-state index in [2.05, 4.69) is 31.1 Å². The van der Waals surface area contributed by atoms with Crippen molar-refractivity contribution in [3.05, 3.63) is 46.5 Å². The van der Waals surface area contributed by atoms with E-state index in [1.807, 2.05) is 24.4 Å². The van der Waals surface area contributed by atoms with E-state index >= 15 is 0 Å². The molecule has 0 saturated carbocycles. The summed E-state index contributed by atoms with van der Waals surface area (Å²) in [5, 5.41) is 4.42. The standard InChI is InChI=1S/C18H22N2O2S2/c1-12-11-24-17(19-12)23-10-9-15(21)20-16(22)13-5-7-14(8-6-13)18(2,3)4/h5-8,11H,9-10H2,1-4H3,(H,20,21,22). The highest BCUT2D eigenvalue weighted by Crippen LogP contribution is 2.23. The van der Waals surface area contributed by atoms with Crippen LogP contribution >= 0.6 is 23.1 Å². The number of hydrogen-bond donors (Lipinski definition) is 1. The van der Waals surface area contributed by atoms with Crippen molar-refractivity contribution in [1.29, 1.82) is 0 Å². The molecule has 0 bridgehead atoms. The summed E-state index contributed by atoms with van der Waals surface area (Å²) in [6, 6.07) is 7.38. The Morgan fingerprint density at radius 1 is 1.21 bits per heavy atom. The van der Waals surface area contributed by atoms with Gasteiger partial charge in [-0.05, 0) is 30.0 Å². The van der Waals surface area contributed by atoms with Crippen LogP contribution in [0.5, 0.6) is 0 Å². The Balaban J connectivity index is 1.81. The molecule has 0 atom stereocenters. The molecule has 0 unspecified atom stereocenters. The summed E-state index contributed by atoms with van der Waals surface area (Å²) in [6.45, 7) is 8.30. The highest BCUT2D eigenvalue weighted by atomic mass is 32.2. The van der Waals surface area contributed by atoms with E-state index < -0.39 is 0 Å². The first-order valence-corrected chi connectivity index (χ1v) is 9.62. The summed E-state index contributed by atoms with van der Waals surface area (Å²) in [7, 11) is 0. The number of carbonyl (C=O) groups is 2. The fourth-order valence-corrected chi connectivity index (χ4v) is 3.87. The van der Waals surface area contributed by atoms with Crippen LogP contribution in [0.1, 0.15) is 48.8 Å². The van der Waals surface area contributed by atoms with Crippen LogP contribution < -0.4 is 5.32 Å². The summed E-state index contributed by atoms with van der Waals surface area (Å²) in [6.07, 6.45) is 0.287. The molecular formula is C18H22N2O2S2. The summed E-state index contributed by atoms with van der Waals surface area (Å²) in [4.78, 5) is 28.3. The number of aryl methyl sites for hydroxylation is 1. The van der Waals surface area contributed by atoms with E-state index in [0.29, 0.717) is 11.3 Å². The number of thioether (sulfide) groups is 1. The molecule has 4 nitrogen and oxygen atoms in total. The van der Waals surface area contributed by atoms with Crippen LogP contribution in [0.4, 0.5) is 0 Å². The fraction of sp³-hybridized carbons (Fsp3) is 0.389. The first-order valence-electron chi connectivity index (χ1n) is 7.75. The number of nitrogens with one attached hydrogen (secondary N) is 1. The molecule has 24 heavy (non-hydrogen) atoms. The molecule has 0 spiro atoms. The van der Waals surface area contributed by atoms with Crippen molar-refractivity contribution in [2.75, 3.05) is 5.75 Å². The average molecular weight is 363 g/mol. The van der Waals surface area contributed by atoms with Crippen LogP contribution in [0, 0.1) is 6.92 Å². The summed E-state index contributed by atoms with van der Waals surface area (Å²) in [5.74, 6) is -0.00842. The van der Waals surface area contributed by atoms with E-state index in [0.717, 1.165) is 15.6 Å². The number of thiazole rings is 1. The molecule has 0 fully saturated rings. The molecule has 0 saturated heterocycles. The first-order chi connectivity index (χ1) is 11.3. The molecule has 0 aliphatic rings. The lowest BCUT2D eigenvalue weighted by molar-refractivity contribution is -0.119. The third-order valence-electron chi connectivity index (χ3n) is 3.42. The molecule has 1 aromatic heterocycles. The van der Waals surface area contributed by atoms with Gasteiger partial charge in [-0.1, -0.05) is 44.7 Å². The largest absolute Gasteiger partial charge is 0.292 e. The van der Waals surface area contributed by atoms with Crippen LogP contribution in [-0.4, -0.2) is 22.6 Å². The Labute approximate surface area is 151 Å². The van der Waals surface area contributed by atoms with Crippen molar-refractivity contribution < 1.29 is 9.59 Å². The van der Waals surface area contributed by atoms with Gasteiger partial charge in [0.15, 0.2) is 0 Å². The highest BCUT2D eigenvalue weighted by Gasteiger charge is 2.15. The highest BCUT2D eigenvalue weighted by molar-refractivity contribution is 8.01. The molecule has 2 amide bonds. The second-order valence-electron chi connectivity index (χ2n) is 6.56. The molecule has 2 rings (SSSR count). The predicted molar refractivity (Wildman–Crippen MR) is 99.8 cm³/mol. The molecule has 0 aliphatic carbocycles. The number of benzene rings is 1. The number of amides is 2. The van der Waals surface area contributed by atoms with Crippen LogP contribution in [0.3, 0.4) is 0 Å². The van der Waals surface area contributed by atoms with Gasteiger partial charge in [-0.3, -0.25) is 14.9 Å². The van der Waals surface area contributed by atoms with Crippen molar-refractivity contribution >= 4 is 34.9 Å². The van der Waals surface area contributed by atoms with Crippen LogP contribution in [0.15, 0.2) is 34.0 Å². The van der Waals surface area contributed by atoms with Crippen LogP contribution in [-0.2, 0) is 10.2 Å². The summed E-state index contributed by atoms with van der Waals surface area (Å²) in [5.41, 5.74) is 2.68. The minimum Gasteiger partial charge on any atom is -0.292 e. The maximum atomic E-state index is 12.1. The minimum absolute atomic E-state index is 0.0379. The van der Waals surface area contributed by atoms with E-state index in [4.69, 9.17) is 0 Å². The molecular weight excluding hydrogens is 340 g/mol. The Bertz CT molecular complexity index is 715. The Morgan fingerprint density at radius 2 is 1.88 bits per heavy atom. The average Bonchev–Trinajstić information content (AvgIpc) is 2.92. The zero-order chi connectivity index (χ0) is 17.7. The number of carbonyl (C=O) groups excluding carboxylic acids is 2. The minimum atomic E-state index is -0.351. The van der Waals surface area contributed by atoms with Gasteiger partial charge in [-0.25, -0.2) is 4.98 Å². The smallest absolute Gasteiger partial charge is 0.257 e. The number of imide groups is 1. The van der Waals surface area contributed by atoms with E-state index in [9.17, 15) is 9.59 Å². The molecule has 0 radical (unpaired) electrons. The first kappa shape index (κ1) is 18.7. The van der Waals surface area contributed by atoms with Gasteiger partial charge in [0, 0.05) is 28.8 Å². The third-order valence-corrected chi connectivity index (χ3v) is 5.56. The molecule has 128 valence electrons. The number of hydrogen-bond acceptors (Lipinski definition) is 5. The number of aromatic nitrogens is 1. The van der Waals surface area contributed by atoms with Gasteiger partial charge in [0.05, 0.1) is 0 Å². The lowest BCUT2D eigenvalue weighted by Gasteiger charge is -2.18. The third kappa shape index (κ3) is 5.46. The molecule has 6 heteroatoms. The van der Waals surface area contributed by atoms with Crippen molar-refractivity contribution in [3.8, 4) is 0 Å². The molecule has 1 aromatic carbocycles. The second kappa shape index (κ2) is 7.94. The molecule has 2 aromatic rings. The Hall–Kier alpha value is -1.66. The maximum Gasteiger partial charge on any atom is 0.257 e. The maximum absolute atomic E-state index is 12.1. The van der Waals surface area contributed by atoms with E-state index in [1.165, 1.54) is 11.8 Å². The van der Waals surface area contributed by atoms with Crippen molar-refractivity contribution in [1.82, 2.24) is 10.3 Å². The molecule has 1 heterocycles. The SMILES string of the molecule is Cc1csc(SCCC(=O)NC(=O)c2ccc(C(C)(C)C)cc2)n1. The lowest BCUT2D eigenvalue weighted by Crippen LogP contribution is -2.30. The van der Waals surface area contributed by atoms with Gasteiger partial charge in [0.1, 0.15) is 4.34 Å². The lowest BCUT2D eigenvalue weighted by atomic mass is 9.87. The normalized spacial score (nSPS) is 11.3. The van der Waals surface area contributed by atoms with Crippen molar-refractivity contribution in [2.45, 2.75) is 43.9 Å². The van der Waals surface area contributed by atoms with Gasteiger partial charge in [-0.15, -0.1) is 11.3 Å². The molecule has 1 N–H and O–H groups in total. The zero-order valence-corrected chi connectivity index (χ0v) is 16.0. The van der Waals surface area contributed by atoms with Crippen molar-refractivity contribution in [2.24, 2.45) is 0 Å². The number of nitrogens with zero attached hydrogens (tertiary/aromatic N) is 1. The van der Waals surface area contributed by atoms with Gasteiger partial charge >= 0.3 is 0 Å².